The third-order valence-corrected chi connectivity index (χ3v) is 6.28. The van der Waals surface area contributed by atoms with Crippen molar-refractivity contribution in [1.82, 2.24) is 19.8 Å². The number of aryl methyl sites for hydroxylation is 2. The largest absolute Gasteiger partial charge is 0.349 e. The van der Waals surface area contributed by atoms with Gasteiger partial charge in [-0.15, -0.1) is 0 Å². The molecule has 0 atom stereocenters. The minimum Gasteiger partial charge on any atom is -0.349 e. The Morgan fingerprint density at radius 3 is 2.78 bits per heavy atom. The first kappa shape index (κ1) is 18.1. The zero-order valence-corrected chi connectivity index (χ0v) is 16.4. The van der Waals surface area contributed by atoms with Crippen LogP contribution >= 0.6 is 0 Å². The molecule has 1 aliphatic heterocycles. The molecule has 1 N–H and O–H groups in total. The molecule has 2 heterocycles. The van der Waals surface area contributed by atoms with E-state index in [9.17, 15) is 0 Å². The molecule has 1 aromatic heterocycles. The lowest BCUT2D eigenvalue weighted by Gasteiger charge is -2.38. The highest BCUT2D eigenvalue weighted by Gasteiger charge is 2.43. The van der Waals surface area contributed by atoms with Gasteiger partial charge in [-0.2, -0.15) is 0 Å². The first-order valence-electron chi connectivity index (χ1n) is 10.3. The van der Waals surface area contributed by atoms with Crippen molar-refractivity contribution in [2.75, 3.05) is 20.1 Å². The summed E-state index contributed by atoms with van der Waals surface area (Å²) in [4.78, 5) is 11.5. The maximum Gasteiger partial charge on any atom is 0.194 e. The Morgan fingerprint density at radius 2 is 2.07 bits per heavy atom. The van der Waals surface area contributed by atoms with E-state index < -0.39 is 0 Å². The summed E-state index contributed by atoms with van der Waals surface area (Å²) in [6.45, 7) is 4.02. The molecule has 1 saturated heterocycles. The predicted octanol–water partition coefficient (Wildman–Crippen LogP) is 3.47. The standard InChI is InChI=1S/C22H31N5/c1-23-21(27-15-12-22(18-27)10-6-11-22)25-17-20-24-13-16-26(20)14-5-9-19-7-3-2-4-8-19/h2-4,7-8,13,16H,5-6,9-12,14-15,17-18H2,1H3,(H,23,25). The first-order chi connectivity index (χ1) is 13.3. The number of benzene rings is 1. The zero-order valence-electron chi connectivity index (χ0n) is 16.4. The van der Waals surface area contributed by atoms with E-state index in [-0.39, 0.29) is 0 Å². The van der Waals surface area contributed by atoms with Gasteiger partial charge in [0.1, 0.15) is 5.82 Å². The quantitative estimate of drug-likeness (QED) is 0.630. The first-order valence-corrected chi connectivity index (χ1v) is 10.3. The Balaban J connectivity index is 1.28. The smallest absolute Gasteiger partial charge is 0.194 e. The second-order valence-corrected chi connectivity index (χ2v) is 8.05. The Morgan fingerprint density at radius 1 is 1.22 bits per heavy atom. The van der Waals surface area contributed by atoms with Crippen LogP contribution in [0.15, 0.2) is 47.7 Å². The van der Waals surface area contributed by atoms with Gasteiger partial charge in [-0.05, 0) is 43.1 Å². The van der Waals surface area contributed by atoms with Crippen LogP contribution in [0.25, 0.3) is 0 Å². The molecule has 2 aliphatic rings. The SMILES string of the molecule is CN=C(NCc1nccn1CCCc1ccccc1)N1CCC2(CCC2)C1. The van der Waals surface area contributed by atoms with Crippen molar-refractivity contribution in [3.63, 3.8) is 0 Å². The van der Waals surface area contributed by atoms with E-state index in [0.29, 0.717) is 5.41 Å². The van der Waals surface area contributed by atoms with Gasteiger partial charge in [-0.1, -0.05) is 36.8 Å². The number of rotatable bonds is 6. The van der Waals surface area contributed by atoms with Crippen molar-refractivity contribution in [2.24, 2.45) is 10.4 Å². The maximum atomic E-state index is 4.56. The second-order valence-electron chi connectivity index (χ2n) is 8.05. The average Bonchev–Trinajstić information content (AvgIpc) is 3.31. The molecule has 0 radical (unpaired) electrons. The van der Waals surface area contributed by atoms with Crippen LogP contribution in [0.2, 0.25) is 0 Å². The second kappa shape index (κ2) is 8.15. The number of nitrogens with zero attached hydrogens (tertiary/aromatic N) is 4. The fourth-order valence-corrected chi connectivity index (χ4v) is 4.50. The van der Waals surface area contributed by atoms with Crippen LogP contribution in [0.4, 0.5) is 0 Å². The normalized spacial score (nSPS) is 18.7. The predicted molar refractivity (Wildman–Crippen MR) is 110 cm³/mol. The van der Waals surface area contributed by atoms with Crippen LogP contribution in [0, 0.1) is 5.41 Å². The van der Waals surface area contributed by atoms with E-state index in [1.54, 1.807) is 0 Å². The summed E-state index contributed by atoms with van der Waals surface area (Å²) in [5.41, 5.74) is 1.99. The molecule has 1 aliphatic carbocycles. The van der Waals surface area contributed by atoms with Crippen LogP contribution in [0.3, 0.4) is 0 Å². The molecular formula is C22H31N5. The Kier molecular flexibility index (Phi) is 5.46. The van der Waals surface area contributed by atoms with E-state index in [2.05, 4.69) is 61.3 Å². The number of likely N-dealkylation sites (tertiary alicyclic amines) is 1. The number of aliphatic imine (C=N–C) groups is 1. The molecule has 1 saturated carbocycles. The Labute approximate surface area is 162 Å². The number of imidazole rings is 1. The lowest BCUT2D eigenvalue weighted by atomic mass is 9.68. The molecule has 1 spiro atoms. The van der Waals surface area contributed by atoms with Gasteiger partial charge in [-0.25, -0.2) is 4.98 Å². The third kappa shape index (κ3) is 4.18. The van der Waals surface area contributed by atoms with E-state index in [1.807, 2.05) is 13.2 Å². The summed E-state index contributed by atoms with van der Waals surface area (Å²) < 4.78 is 2.26. The van der Waals surface area contributed by atoms with Gasteiger partial charge >= 0.3 is 0 Å². The molecule has 5 nitrogen and oxygen atoms in total. The summed E-state index contributed by atoms with van der Waals surface area (Å²) in [6, 6.07) is 10.7. The average molecular weight is 366 g/mol. The van der Waals surface area contributed by atoms with Gasteiger partial charge in [0.05, 0.1) is 6.54 Å². The summed E-state index contributed by atoms with van der Waals surface area (Å²) >= 11 is 0. The zero-order chi connectivity index (χ0) is 18.5. The molecule has 5 heteroatoms. The number of aromatic nitrogens is 2. The van der Waals surface area contributed by atoms with Gasteiger partial charge in [0, 0.05) is 39.1 Å². The molecule has 0 bridgehead atoms. The minimum atomic E-state index is 0.591. The van der Waals surface area contributed by atoms with Gasteiger partial charge in [0.25, 0.3) is 0 Å². The van der Waals surface area contributed by atoms with E-state index in [0.717, 1.165) is 50.8 Å². The molecule has 0 amide bonds. The number of nitrogens with one attached hydrogen (secondary N) is 1. The topological polar surface area (TPSA) is 45.5 Å². The van der Waals surface area contributed by atoms with Crippen molar-refractivity contribution >= 4 is 5.96 Å². The van der Waals surface area contributed by atoms with Crippen LogP contribution in [0.5, 0.6) is 0 Å². The lowest BCUT2D eigenvalue weighted by Crippen LogP contribution is -2.42. The number of hydrogen-bond donors (Lipinski definition) is 1. The fraction of sp³-hybridized carbons (Fsp3) is 0.545. The van der Waals surface area contributed by atoms with Crippen molar-refractivity contribution in [2.45, 2.75) is 51.6 Å². The van der Waals surface area contributed by atoms with E-state index in [1.165, 1.54) is 31.2 Å². The maximum absolute atomic E-state index is 4.56. The number of hydrogen-bond acceptors (Lipinski definition) is 2. The molecule has 27 heavy (non-hydrogen) atoms. The summed E-state index contributed by atoms with van der Waals surface area (Å²) in [5.74, 6) is 2.11. The molecule has 1 aromatic carbocycles. The van der Waals surface area contributed by atoms with Crippen LogP contribution in [0.1, 0.15) is 43.5 Å². The van der Waals surface area contributed by atoms with Crippen molar-refractivity contribution in [3.8, 4) is 0 Å². The van der Waals surface area contributed by atoms with E-state index >= 15 is 0 Å². The fourth-order valence-electron chi connectivity index (χ4n) is 4.50. The van der Waals surface area contributed by atoms with Gasteiger partial charge in [0.2, 0.25) is 0 Å². The van der Waals surface area contributed by atoms with Crippen LogP contribution in [-0.4, -0.2) is 40.5 Å². The van der Waals surface area contributed by atoms with Gasteiger partial charge < -0.3 is 14.8 Å². The van der Waals surface area contributed by atoms with Gasteiger partial charge in [-0.3, -0.25) is 4.99 Å². The van der Waals surface area contributed by atoms with Crippen molar-refractivity contribution < 1.29 is 0 Å². The van der Waals surface area contributed by atoms with E-state index in [4.69, 9.17) is 0 Å². The Hall–Kier alpha value is -2.30. The molecule has 0 unspecified atom stereocenters. The molecule has 2 aromatic rings. The van der Waals surface area contributed by atoms with Crippen molar-refractivity contribution in [1.29, 1.82) is 0 Å². The highest BCUT2D eigenvalue weighted by atomic mass is 15.3. The molecule has 2 fully saturated rings. The minimum absolute atomic E-state index is 0.591. The summed E-state index contributed by atoms with van der Waals surface area (Å²) in [5, 5.41) is 3.54. The molecule has 144 valence electrons. The summed E-state index contributed by atoms with van der Waals surface area (Å²) in [6.07, 6.45) is 11.7. The van der Waals surface area contributed by atoms with Crippen molar-refractivity contribution in [3.05, 3.63) is 54.1 Å². The highest BCUT2D eigenvalue weighted by molar-refractivity contribution is 5.80. The molecule has 4 rings (SSSR count). The number of guanidine groups is 1. The van der Waals surface area contributed by atoms with Gasteiger partial charge in [0.15, 0.2) is 5.96 Å². The van der Waals surface area contributed by atoms with Crippen LogP contribution in [-0.2, 0) is 19.5 Å². The Bertz CT molecular complexity index is 760. The molecular weight excluding hydrogens is 334 g/mol. The van der Waals surface area contributed by atoms with Crippen LogP contribution < -0.4 is 5.32 Å². The third-order valence-electron chi connectivity index (χ3n) is 6.28. The monoisotopic (exact) mass is 365 g/mol. The lowest BCUT2D eigenvalue weighted by molar-refractivity contribution is 0.151. The summed E-state index contributed by atoms with van der Waals surface area (Å²) in [7, 11) is 1.89. The highest BCUT2D eigenvalue weighted by Crippen LogP contribution is 2.47.